The highest BCUT2D eigenvalue weighted by Crippen LogP contribution is 2.16. The number of nitrogens with zero attached hydrogens (tertiary/aromatic N) is 2. The molecule has 1 unspecified atom stereocenters. The van der Waals surface area contributed by atoms with Crippen LogP contribution in [0.3, 0.4) is 0 Å². The van der Waals surface area contributed by atoms with Crippen LogP contribution >= 0.6 is 0 Å². The average molecular weight is 256 g/mol. The Morgan fingerprint density at radius 1 is 1.71 bits per heavy atom. The molecule has 1 atom stereocenters. The fraction of sp³-hybridized carbons (Fsp3) is 0.500. The highest BCUT2D eigenvalue weighted by Gasteiger charge is 2.22. The third-order valence-electron chi connectivity index (χ3n) is 2.08. The Hall–Kier alpha value is -1.52. The Bertz CT molecular complexity index is 527. The molecule has 0 bridgehead atoms. The van der Waals surface area contributed by atoms with Gasteiger partial charge in [-0.05, 0) is 13.3 Å². The van der Waals surface area contributed by atoms with E-state index in [9.17, 15) is 8.42 Å². The van der Waals surface area contributed by atoms with Crippen LogP contribution in [0, 0.1) is 12.3 Å². The fourth-order valence-corrected chi connectivity index (χ4v) is 2.54. The van der Waals surface area contributed by atoms with E-state index in [1.807, 2.05) is 6.92 Å². The second kappa shape index (κ2) is 5.21. The second-order valence-corrected chi connectivity index (χ2v) is 5.33. The van der Waals surface area contributed by atoms with Crippen molar-refractivity contribution in [1.29, 1.82) is 0 Å². The van der Waals surface area contributed by atoms with Crippen molar-refractivity contribution in [2.24, 2.45) is 0 Å². The van der Waals surface area contributed by atoms with Crippen LogP contribution in [0.1, 0.15) is 20.3 Å². The molecule has 0 aliphatic heterocycles. The van der Waals surface area contributed by atoms with Crippen LogP contribution in [0.25, 0.3) is 0 Å². The third-order valence-corrected chi connectivity index (χ3v) is 3.64. The maximum atomic E-state index is 11.9. The van der Waals surface area contributed by atoms with Crippen LogP contribution in [-0.4, -0.2) is 24.2 Å². The van der Waals surface area contributed by atoms with E-state index in [-0.39, 0.29) is 10.7 Å². The van der Waals surface area contributed by atoms with E-state index >= 15 is 0 Å². The number of nitrogens with two attached hydrogens (primary N) is 1. The number of nitrogens with one attached hydrogen (secondary N) is 1. The van der Waals surface area contributed by atoms with Gasteiger partial charge in [-0.2, -0.15) is 9.82 Å². The summed E-state index contributed by atoms with van der Waals surface area (Å²) in [6.45, 7) is 4.15. The van der Waals surface area contributed by atoms with Gasteiger partial charge in [-0.3, -0.25) is 4.68 Å². The van der Waals surface area contributed by atoms with Crippen molar-refractivity contribution in [3.05, 3.63) is 6.20 Å². The van der Waals surface area contributed by atoms with E-state index in [2.05, 4.69) is 15.7 Å². The van der Waals surface area contributed by atoms with Gasteiger partial charge < -0.3 is 5.73 Å². The third kappa shape index (κ3) is 3.22. The van der Waals surface area contributed by atoms with E-state index in [1.54, 1.807) is 6.92 Å². The normalized spacial score (nSPS) is 13.2. The molecule has 7 heteroatoms. The predicted octanol–water partition coefficient (Wildman–Crippen LogP) is 0.175. The molecule has 1 aromatic heterocycles. The Morgan fingerprint density at radius 2 is 2.35 bits per heavy atom. The number of nitrogen functional groups attached to an aromatic ring is 1. The summed E-state index contributed by atoms with van der Waals surface area (Å²) < 4.78 is 27.6. The zero-order chi connectivity index (χ0) is 13.1. The Kier molecular flexibility index (Phi) is 4.15. The topological polar surface area (TPSA) is 90.0 Å². The zero-order valence-corrected chi connectivity index (χ0v) is 10.7. The lowest BCUT2D eigenvalue weighted by atomic mass is 10.4. The largest absolute Gasteiger partial charge is 0.381 e. The monoisotopic (exact) mass is 256 g/mol. The lowest BCUT2D eigenvalue weighted by Gasteiger charge is -2.07. The lowest BCUT2D eigenvalue weighted by Crippen LogP contribution is -2.31. The Labute approximate surface area is 101 Å². The molecule has 17 heavy (non-hydrogen) atoms. The highest BCUT2D eigenvalue weighted by atomic mass is 32.2. The fourth-order valence-electron chi connectivity index (χ4n) is 1.30. The minimum atomic E-state index is -3.70. The summed E-state index contributed by atoms with van der Waals surface area (Å²) in [6.07, 6.45) is 7.37. The Morgan fingerprint density at radius 3 is 2.88 bits per heavy atom. The molecule has 1 aromatic rings. The van der Waals surface area contributed by atoms with Gasteiger partial charge in [0.1, 0.15) is 4.90 Å². The maximum absolute atomic E-state index is 11.9. The van der Waals surface area contributed by atoms with Crippen molar-refractivity contribution in [3.8, 4) is 12.3 Å². The summed E-state index contributed by atoms with van der Waals surface area (Å²) >= 11 is 0. The molecule has 0 radical (unpaired) electrons. The van der Waals surface area contributed by atoms with Crippen LogP contribution in [0.2, 0.25) is 0 Å². The molecular formula is C10H16N4O2S. The lowest BCUT2D eigenvalue weighted by molar-refractivity contribution is 0.576. The molecule has 6 nitrogen and oxygen atoms in total. The molecule has 0 spiro atoms. The molecular weight excluding hydrogens is 240 g/mol. The summed E-state index contributed by atoms with van der Waals surface area (Å²) in [6, 6.07) is -0.589. The van der Waals surface area contributed by atoms with Crippen molar-refractivity contribution in [2.75, 3.05) is 5.73 Å². The molecule has 0 amide bonds. The molecule has 3 N–H and O–H groups in total. The molecule has 94 valence electrons. The molecule has 0 saturated heterocycles. The van der Waals surface area contributed by atoms with Gasteiger partial charge in [0.15, 0.2) is 5.82 Å². The molecule has 0 aliphatic carbocycles. The van der Waals surface area contributed by atoms with Gasteiger partial charge in [0.05, 0.1) is 6.04 Å². The molecule has 1 heterocycles. The van der Waals surface area contributed by atoms with E-state index in [1.165, 1.54) is 10.9 Å². The molecule has 0 saturated carbocycles. The number of terminal acetylenes is 1. The van der Waals surface area contributed by atoms with Crippen LogP contribution in [-0.2, 0) is 16.6 Å². The quantitative estimate of drug-likeness (QED) is 0.735. The molecule has 0 aliphatic rings. The van der Waals surface area contributed by atoms with Crippen molar-refractivity contribution >= 4 is 15.8 Å². The van der Waals surface area contributed by atoms with E-state index in [4.69, 9.17) is 12.2 Å². The number of aromatic nitrogens is 2. The average Bonchev–Trinajstić information content (AvgIpc) is 2.60. The van der Waals surface area contributed by atoms with Gasteiger partial charge in [-0.1, -0.05) is 12.8 Å². The minimum absolute atomic E-state index is 0.0184. The first-order valence-corrected chi connectivity index (χ1v) is 6.70. The van der Waals surface area contributed by atoms with Crippen LogP contribution in [0.5, 0.6) is 0 Å². The zero-order valence-electron chi connectivity index (χ0n) is 9.84. The van der Waals surface area contributed by atoms with Gasteiger partial charge in [-0.15, -0.1) is 6.42 Å². The predicted molar refractivity (Wildman–Crippen MR) is 65.5 cm³/mol. The Balaban J connectivity index is 3.03. The summed E-state index contributed by atoms with van der Waals surface area (Å²) in [4.78, 5) is -0.0342. The van der Waals surface area contributed by atoms with Gasteiger partial charge in [0, 0.05) is 12.7 Å². The van der Waals surface area contributed by atoms with E-state index in [0.29, 0.717) is 6.54 Å². The van der Waals surface area contributed by atoms with Crippen LogP contribution < -0.4 is 10.5 Å². The van der Waals surface area contributed by atoms with Crippen molar-refractivity contribution < 1.29 is 8.42 Å². The standard InChI is InChI=1S/C10H16N4O2S/c1-4-6-14-7-9(10(11)12-14)17(15,16)13-8(3)5-2/h2,7-8,13H,4,6H2,1,3H3,(H2,11,12). The summed E-state index contributed by atoms with van der Waals surface area (Å²) in [5, 5.41) is 3.92. The number of rotatable bonds is 5. The van der Waals surface area contributed by atoms with Crippen molar-refractivity contribution in [3.63, 3.8) is 0 Å². The van der Waals surface area contributed by atoms with Crippen molar-refractivity contribution in [2.45, 2.75) is 37.8 Å². The maximum Gasteiger partial charge on any atom is 0.246 e. The molecule has 0 aromatic carbocycles. The SMILES string of the molecule is C#CC(C)NS(=O)(=O)c1cn(CCC)nc1N. The first-order valence-electron chi connectivity index (χ1n) is 5.22. The van der Waals surface area contributed by atoms with Crippen LogP contribution in [0.15, 0.2) is 11.1 Å². The number of sulfonamides is 1. The highest BCUT2D eigenvalue weighted by molar-refractivity contribution is 7.89. The van der Waals surface area contributed by atoms with Gasteiger partial charge >= 0.3 is 0 Å². The van der Waals surface area contributed by atoms with Gasteiger partial charge in [-0.25, -0.2) is 8.42 Å². The minimum Gasteiger partial charge on any atom is -0.381 e. The van der Waals surface area contributed by atoms with Crippen molar-refractivity contribution in [1.82, 2.24) is 14.5 Å². The van der Waals surface area contributed by atoms with E-state index in [0.717, 1.165) is 6.42 Å². The smallest absolute Gasteiger partial charge is 0.246 e. The second-order valence-electron chi connectivity index (χ2n) is 3.65. The van der Waals surface area contributed by atoms with Gasteiger partial charge in [0.2, 0.25) is 10.0 Å². The number of hydrogen-bond donors (Lipinski definition) is 2. The summed E-state index contributed by atoms with van der Waals surface area (Å²) in [5.74, 6) is 2.27. The first-order chi connectivity index (χ1) is 7.90. The first kappa shape index (κ1) is 13.5. The summed E-state index contributed by atoms with van der Waals surface area (Å²) in [5.41, 5.74) is 5.57. The summed E-state index contributed by atoms with van der Waals surface area (Å²) in [7, 11) is -3.70. The number of hydrogen-bond acceptors (Lipinski definition) is 4. The molecule has 1 rings (SSSR count). The molecule has 0 fully saturated rings. The van der Waals surface area contributed by atoms with Gasteiger partial charge in [0.25, 0.3) is 0 Å². The van der Waals surface area contributed by atoms with Crippen LogP contribution in [0.4, 0.5) is 5.82 Å². The van der Waals surface area contributed by atoms with E-state index < -0.39 is 16.1 Å². The number of aryl methyl sites for hydroxylation is 1. The number of anilines is 1.